The maximum atomic E-state index is 12.7. The number of urea groups is 1. The van der Waals surface area contributed by atoms with Crippen LogP contribution in [0.1, 0.15) is 24.5 Å². The van der Waals surface area contributed by atoms with Gasteiger partial charge in [-0.15, -0.1) is 11.8 Å². The Hall–Kier alpha value is -1.94. The third-order valence-corrected chi connectivity index (χ3v) is 5.52. The molecule has 0 spiro atoms. The SMILES string of the molecule is CC[C@H]1CN(C(=O)NCc2ccc(C)cc2)c2ccccc2S1. The van der Waals surface area contributed by atoms with Crippen LogP contribution in [0.4, 0.5) is 10.5 Å². The molecule has 120 valence electrons. The first-order valence-corrected chi connectivity index (χ1v) is 8.92. The molecule has 0 aromatic heterocycles. The zero-order valence-electron chi connectivity index (χ0n) is 13.6. The molecule has 3 rings (SSSR count). The summed E-state index contributed by atoms with van der Waals surface area (Å²) in [7, 11) is 0. The van der Waals surface area contributed by atoms with Gasteiger partial charge in [0, 0.05) is 23.2 Å². The maximum absolute atomic E-state index is 12.7. The van der Waals surface area contributed by atoms with E-state index in [0.29, 0.717) is 11.8 Å². The number of hydrogen-bond acceptors (Lipinski definition) is 2. The summed E-state index contributed by atoms with van der Waals surface area (Å²) in [5.74, 6) is 0. The molecule has 1 N–H and O–H groups in total. The van der Waals surface area contributed by atoms with Gasteiger partial charge in [-0.05, 0) is 31.0 Å². The second-order valence-electron chi connectivity index (χ2n) is 5.87. The number of anilines is 1. The van der Waals surface area contributed by atoms with Crippen molar-refractivity contribution in [2.45, 2.75) is 37.0 Å². The number of nitrogens with one attached hydrogen (secondary N) is 1. The largest absolute Gasteiger partial charge is 0.334 e. The minimum atomic E-state index is -0.0169. The minimum Gasteiger partial charge on any atom is -0.334 e. The lowest BCUT2D eigenvalue weighted by molar-refractivity contribution is 0.245. The fourth-order valence-corrected chi connectivity index (χ4v) is 3.89. The molecule has 0 saturated carbocycles. The molecular formula is C19H22N2OS. The molecule has 0 unspecified atom stereocenters. The van der Waals surface area contributed by atoms with Crippen molar-refractivity contribution < 1.29 is 4.79 Å². The topological polar surface area (TPSA) is 32.3 Å². The first-order valence-electron chi connectivity index (χ1n) is 8.04. The lowest BCUT2D eigenvalue weighted by atomic mass is 10.1. The van der Waals surface area contributed by atoms with Gasteiger partial charge in [0.2, 0.25) is 0 Å². The van der Waals surface area contributed by atoms with E-state index in [1.54, 1.807) is 0 Å². The van der Waals surface area contributed by atoms with Crippen molar-refractivity contribution in [2.24, 2.45) is 0 Å². The summed E-state index contributed by atoms with van der Waals surface area (Å²) < 4.78 is 0. The number of thioether (sulfide) groups is 1. The summed E-state index contributed by atoms with van der Waals surface area (Å²) in [6.45, 7) is 5.56. The third-order valence-electron chi connectivity index (χ3n) is 4.10. The van der Waals surface area contributed by atoms with Gasteiger partial charge in [0.25, 0.3) is 0 Å². The molecule has 2 amide bonds. The number of carbonyl (C=O) groups is 1. The van der Waals surface area contributed by atoms with Gasteiger partial charge in [-0.1, -0.05) is 48.9 Å². The van der Waals surface area contributed by atoms with Gasteiger partial charge in [0.1, 0.15) is 0 Å². The van der Waals surface area contributed by atoms with Crippen molar-refractivity contribution in [1.82, 2.24) is 5.32 Å². The number of hydrogen-bond donors (Lipinski definition) is 1. The number of rotatable bonds is 3. The van der Waals surface area contributed by atoms with Crippen LogP contribution in [-0.2, 0) is 6.54 Å². The summed E-state index contributed by atoms with van der Waals surface area (Å²) in [5, 5.41) is 3.51. The summed E-state index contributed by atoms with van der Waals surface area (Å²) in [4.78, 5) is 15.7. The quantitative estimate of drug-likeness (QED) is 0.894. The van der Waals surface area contributed by atoms with E-state index < -0.39 is 0 Å². The predicted octanol–water partition coefficient (Wildman–Crippen LogP) is 4.60. The number of fused-ring (bicyclic) bond motifs is 1. The van der Waals surface area contributed by atoms with Crippen molar-refractivity contribution in [2.75, 3.05) is 11.4 Å². The van der Waals surface area contributed by atoms with Gasteiger partial charge in [-0.25, -0.2) is 4.79 Å². The first-order chi connectivity index (χ1) is 11.2. The van der Waals surface area contributed by atoms with E-state index in [-0.39, 0.29) is 6.03 Å². The van der Waals surface area contributed by atoms with E-state index in [0.717, 1.165) is 24.2 Å². The van der Waals surface area contributed by atoms with Crippen LogP contribution in [-0.4, -0.2) is 17.8 Å². The molecular weight excluding hydrogens is 304 g/mol. The molecule has 0 fully saturated rings. The highest BCUT2D eigenvalue weighted by Gasteiger charge is 2.27. The Balaban J connectivity index is 1.72. The lowest BCUT2D eigenvalue weighted by Crippen LogP contribution is -2.45. The number of amides is 2. The summed E-state index contributed by atoms with van der Waals surface area (Å²) >= 11 is 1.87. The zero-order chi connectivity index (χ0) is 16.2. The van der Waals surface area contributed by atoms with Crippen LogP contribution in [0.25, 0.3) is 0 Å². The van der Waals surface area contributed by atoms with Gasteiger partial charge in [0.15, 0.2) is 0 Å². The Labute approximate surface area is 142 Å². The normalized spacial score (nSPS) is 16.8. The van der Waals surface area contributed by atoms with E-state index in [4.69, 9.17) is 0 Å². The van der Waals surface area contributed by atoms with Gasteiger partial charge >= 0.3 is 6.03 Å². The van der Waals surface area contributed by atoms with Gasteiger partial charge in [-0.3, -0.25) is 4.90 Å². The molecule has 2 aromatic carbocycles. The number of nitrogens with zero attached hydrogens (tertiary/aromatic N) is 1. The van der Waals surface area contributed by atoms with Crippen LogP contribution in [0.3, 0.4) is 0 Å². The second kappa shape index (κ2) is 7.09. The van der Waals surface area contributed by atoms with Crippen molar-refractivity contribution in [3.8, 4) is 0 Å². The molecule has 0 radical (unpaired) electrons. The first kappa shape index (κ1) is 15.9. The molecule has 1 aliphatic rings. The van der Waals surface area contributed by atoms with Crippen molar-refractivity contribution in [3.63, 3.8) is 0 Å². The molecule has 1 heterocycles. The Morgan fingerprint density at radius 1 is 1.22 bits per heavy atom. The molecule has 2 aromatic rings. The predicted molar refractivity (Wildman–Crippen MR) is 97.1 cm³/mol. The Kier molecular flexibility index (Phi) is 4.91. The molecule has 0 bridgehead atoms. The highest BCUT2D eigenvalue weighted by atomic mass is 32.2. The van der Waals surface area contributed by atoms with Crippen LogP contribution in [0.2, 0.25) is 0 Å². The number of para-hydroxylation sites is 1. The van der Waals surface area contributed by atoms with Crippen LogP contribution in [0.15, 0.2) is 53.4 Å². The molecule has 4 heteroatoms. The fraction of sp³-hybridized carbons (Fsp3) is 0.316. The average Bonchev–Trinajstić information content (AvgIpc) is 2.60. The summed E-state index contributed by atoms with van der Waals surface area (Å²) in [6.07, 6.45) is 1.06. The van der Waals surface area contributed by atoms with Gasteiger partial charge < -0.3 is 5.32 Å². The Morgan fingerprint density at radius 2 is 1.96 bits per heavy atom. The minimum absolute atomic E-state index is 0.0169. The second-order valence-corrected chi connectivity index (χ2v) is 7.21. The summed E-state index contributed by atoms with van der Waals surface area (Å²) in [5.41, 5.74) is 3.37. The van der Waals surface area contributed by atoms with E-state index >= 15 is 0 Å². The Bertz CT molecular complexity index is 684. The van der Waals surface area contributed by atoms with Crippen LogP contribution in [0, 0.1) is 6.92 Å². The van der Waals surface area contributed by atoms with Gasteiger partial charge in [0.05, 0.1) is 5.69 Å². The number of aryl methyl sites for hydroxylation is 1. The van der Waals surface area contributed by atoms with Crippen molar-refractivity contribution >= 4 is 23.5 Å². The van der Waals surface area contributed by atoms with Crippen molar-refractivity contribution in [3.05, 3.63) is 59.7 Å². The van der Waals surface area contributed by atoms with Crippen LogP contribution < -0.4 is 10.2 Å². The fourth-order valence-electron chi connectivity index (χ4n) is 2.68. The standard InChI is InChI=1S/C19H22N2OS/c1-3-16-13-21(17-6-4-5-7-18(17)23-16)19(22)20-12-15-10-8-14(2)9-11-15/h4-11,16H,3,12-13H2,1-2H3,(H,20,22)/t16-/m0/s1. The number of benzene rings is 2. The van der Waals surface area contributed by atoms with Crippen molar-refractivity contribution in [1.29, 1.82) is 0 Å². The van der Waals surface area contributed by atoms with Crippen LogP contribution in [0.5, 0.6) is 0 Å². The molecule has 3 nitrogen and oxygen atoms in total. The smallest absolute Gasteiger partial charge is 0.322 e. The third kappa shape index (κ3) is 3.70. The van der Waals surface area contributed by atoms with E-state index in [2.05, 4.69) is 49.5 Å². The van der Waals surface area contributed by atoms with E-state index in [9.17, 15) is 4.79 Å². The number of carbonyl (C=O) groups excluding carboxylic acids is 1. The average molecular weight is 326 g/mol. The lowest BCUT2D eigenvalue weighted by Gasteiger charge is -2.33. The van der Waals surface area contributed by atoms with Crippen LogP contribution >= 0.6 is 11.8 Å². The van der Waals surface area contributed by atoms with E-state index in [1.165, 1.54) is 10.5 Å². The molecule has 0 saturated heterocycles. The monoisotopic (exact) mass is 326 g/mol. The molecule has 23 heavy (non-hydrogen) atoms. The Morgan fingerprint density at radius 3 is 2.70 bits per heavy atom. The van der Waals surface area contributed by atoms with Gasteiger partial charge in [-0.2, -0.15) is 0 Å². The molecule has 0 aliphatic carbocycles. The maximum Gasteiger partial charge on any atom is 0.322 e. The highest BCUT2D eigenvalue weighted by molar-refractivity contribution is 8.00. The molecule has 1 atom stereocenters. The van der Waals surface area contributed by atoms with E-state index in [1.807, 2.05) is 34.9 Å². The molecule has 1 aliphatic heterocycles. The summed E-state index contributed by atoms with van der Waals surface area (Å²) in [6, 6.07) is 16.4. The highest BCUT2D eigenvalue weighted by Crippen LogP contribution is 2.39. The zero-order valence-corrected chi connectivity index (χ0v) is 14.4.